The number of esters is 1. The minimum atomic E-state index is -0.194. The lowest BCUT2D eigenvalue weighted by Gasteiger charge is -2.41. The van der Waals surface area contributed by atoms with Gasteiger partial charge in [-0.05, 0) is 111 Å². The molecule has 0 spiro atoms. The van der Waals surface area contributed by atoms with Crippen LogP contribution in [0.15, 0.2) is 0 Å². The van der Waals surface area contributed by atoms with Crippen molar-refractivity contribution in [1.29, 1.82) is 0 Å². The maximum Gasteiger partial charge on any atom is 0.311 e. The molecule has 0 aromatic carbocycles. The second-order valence-electron chi connectivity index (χ2n) is 13.6. The van der Waals surface area contributed by atoms with Crippen molar-refractivity contribution in [3.8, 4) is 0 Å². The van der Waals surface area contributed by atoms with Crippen LogP contribution >= 0.6 is 0 Å². The van der Waals surface area contributed by atoms with E-state index >= 15 is 0 Å². The summed E-state index contributed by atoms with van der Waals surface area (Å²) in [6, 6.07) is 0. The largest absolute Gasteiger partial charge is 0.438 e. The van der Waals surface area contributed by atoms with Crippen LogP contribution in [-0.2, 0) is 19.1 Å². The van der Waals surface area contributed by atoms with Crippen molar-refractivity contribution in [3.63, 3.8) is 0 Å². The summed E-state index contributed by atoms with van der Waals surface area (Å²) in [5.41, 5.74) is -0.194. The SMILES string of the molecule is CCC(C)(C)C(=O)CC1CC2CC1C1C3CC(CC3C(=O)OCOCC3CC4CCC3C4)C21. The van der Waals surface area contributed by atoms with E-state index in [2.05, 4.69) is 20.8 Å². The number of Topliss-reactive ketones (excluding diaryl/α,β-unsaturated/α-hetero) is 1. The third-order valence-electron chi connectivity index (χ3n) is 11.8. The number of hydrogen-bond acceptors (Lipinski definition) is 4. The van der Waals surface area contributed by atoms with E-state index in [1.165, 1.54) is 44.9 Å². The van der Waals surface area contributed by atoms with Gasteiger partial charge in [-0.15, -0.1) is 0 Å². The number of fused-ring (bicyclic) bond motifs is 11. The Kier molecular flexibility index (Phi) is 5.71. The fourth-order valence-electron chi connectivity index (χ4n) is 9.94. The summed E-state index contributed by atoms with van der Waals surface area (Å²) < 4.78 is 11.5. The van der Waals surface area contributed by atoms with Crippen LogP contribution in [0, 0.1) is 70.5 Å². The number of carbonyl (C=O) groups is 2. The number of carbonyl (C=O) groups excluding carboxylic acids is 2. The third kappa shape index (κ3) is 3.72. The highest BCUT2D eigenvalue weighted by atomic mass is 16.7. The van der Waals surface area contributed by atoms with E-state index in [1.54, 1.807) is 0 Å². The second-order valence-corrected chi connectivity index (χ2v) is 13.6. The molecular formula is C29H44O4. The minimum Gasteiger partial charge on any atom is -0.438 e. The molecular weight excluding hydrogens is 412 g/mol. The summed E-state index contributed by atoms with van der Waals surface area (Å²) in [4.78, 5) is 26.0. The van der Waals surface area contributed by atoms with Crippen LogP contribution in [0.3, 0.4) is 0 Å². The zero-order valence-corrected chi connectivity index (χ0v) is 21.0. The molecule has 0 amide bonds. The number of rotatable bonds is 9. The molecule has 6 saturated carbocycles. The van der Waals surface area contributed by atoms with Gasteiger partial charge in [-0.2, -0.15) is 0 Å². The molecule has 0 aromatic rings. The normalized spacial score (nSPS) is 46.8. The lowest BCUT2D eigenvalue weighted by molar-refractivity contribution is -0.166. The van der Waals surface area contributed by atoms with Gasteiger partial charge >= 0.3 is 5.97 Å². The molecule has 6 fully saturated rings. The summed E-state index contributed by atoms with van der Waals surface area (Å²) >= 11 is 0. The van der Waals surface area contributed by atoms with Crippen LogP contribution in [-0.4, -0.2) is 25.2 Å². The number of hydrogen-bond donors (Lipinski definition) is 0. The average Bonchev–Trinajstić information content (AvgIpc) is 3.62. The van der Waals surface area contributed by atoms with Crippen LogP contribution < -0.4 is 0 Å². The highest BCUT2D eigenvalue weighted by molar-refractivity contribution is 5.84. The zero-order chi connectivity index (χ0) is 22.9. The third-order valence-corrected chi connectivity index (χ3v) is 11.8. The molecule has 4 heteroatoms. The number of ether oxygens (including phenoxy) is 2. The van der Waals surface area contributed by atoms with Crippen molar-refractivity contribution in [3.05, 3.63) is 0 Å². The lowest BCUT2D eigenvalue weighted by Crippen LogP contribution is -2.40. The summed E-state index contributed by atoms with van der Waals surface area (Å²) in [7, 11) is 0. The molecule has 4 nitrogen and oxygen atoms in total. The first-order valence-corrected chi connectivity index (χ1v) is 14.1. The van der Waals surface area contributed by atoms with E-state index < -0.39 is 0 Å². The standard InChI is InChI=1S/C29H44O4/c1-4-29(2,3)25(30)13-18-9-19-10-22(18)27-23-11-20(26(19)27)12-24(23)28(31)33-15-32-14-21-8-16-5-6-17(21)7-16/h16-24,26-27H,4-15H2,1-3H3. The van der Waals surface area contributed by atoms with Crippen LogP contribution in [0.4, 0.5) is 0 Å². The predicted octanol–water partition coefficient (Wildman–Crippen LogP) is 5.88. The van der Waals surface area contributed by atoms with E-state index in [4.69, 9.17) is 9.47 Å². The summed E-state index contributed by atoms with van der Waals surface area (Å²) in [5, 5.41) is 0. The molecule has 0 aliphatic heterocycles. The molecule has 0 aromatic heterocycles. The topological polar surface area (TPSA) is 52.6 Å². The van der Waals surface area contributed by atoms with E-state index in [9.17, 15) is 9.59 Å². The molecule has 11 atom stereocenters. The van der Waals surface area contributed by atoms with Crippen molar-refractivity contribution in [2.45, 2.75) is 85.0 Å². The van der Waals surface area contributed by atoms with Gasteiger partial charge < -0.3 is 9.47 Å². The van der Waals surface area contributed by atoms with Crippen molar-refractivity contribution in [2.24, 2.45) is 70.5 Å². The zero-order valence-electron chi connectivity index (χ0n) is 21.0. The molecule has 33 heavy (non-hydrogen) atoms. The molecule has 11 unspecified atom stereocenters. The monoisotopic (exact) mass is 456 g/mol. The summed E-state index contributed by atoms with van der Waals surface area (Å²) in [6.07, 6.45) is 12.0. The van der Waals surface area contributed by atoms with Crippen LogP contribution in [0.25, 0.3) is 0 Å². The maximum absolute atomic E-state index is 13.0. The molecule has 184 valence electrons. The fourth-order valence-corrected chi connectivity index (χ4v) is 9.94. The molecule has 6 aliphatic carbocycles. The van der Waals surface area contributed by atoms with Gasteiger partial charge in [0.05, 0.1) is 12.5 Å². The first-order valence-electron chi connectivity index (χ1n) is 14.1. The fraction of sp³-hybridized carbons (Fsp3) is 0.931. The maximum atomic E-state index is 13.0. The van der Waals surface area contributed by atoms with Gasteiger partial charge in [-0.1, -0.05) is 27.2 Å². The highest BCUT2D eigenvalue weighted by Crippen LogP contribution is 2.70. The summed E-state index contributed by atoms with van der Waals surface area (Å²) in [6.45, 7) is 7.25. The highest BCUT2D eigenvalue weighted by Gasteiger charge is 2.65. The lowest BCUT2D eigenvalue weighted by atomic mass is 9.63. The van der Waals surface area contributed by atoms with Crippen LogP contribution in [0.1, 0.15) is 85.0 Å². The Morgan fingerprint density at radius 3 is 2.36 bits per heavy atom. The Balaban J connectivity index is 1.02. The predicted molar refractivity (Wildman–Crippen MR) is 126 cm³/mol. The van der Waals surface area contributed by atoms with E-state index in [1.807, 2.05) is 0 Å². The van der Waals surface area contributed by atoms with Crippen LogP contribution in [0.5, 0.6) is 0 Å². The Morgan fingerprint density at radius 2 is 1.64 bits per heavy atom. The Morgan fingerprint density at radius 1 is 0.848 bits per heavy atom. The average molecular weight is 457 g/mol. The van der Waals surface area contributed by atoms with Gasteiger partial charge in [-0.3, -0.25) is 9.59 Å². The van der Waals surface area contributed by atoms with Gasteiger partial charge in [0, 0.05) is 11.8 Å². The van der Waals surface area contributed by atoms with E-state index in [0.717, 1.165) is 49.5 Å². The molecule has 0 radical (unpaired) electrons. The molecule has 6 bridgehead atoms. The van der Waals surface area contributed by atoms with Gasteiger partial charge in [0.1, 0.15) is 5.78 Å². The Bertz CT molecular complexity index is 788. The molecule has 0 heterocycles. The quantitative estimate of drug-likeness (QED) is 0.188. The van der Waals surface area contributed by atoms with Gasteiger partial charge in [0.15, 0.2) is 6.79 Å². The smallest absolute Gasteiger partial charge is 0.311 e. The van der Waals surface area contributed by atoms with E-state index in [0.29, 0.717) is 41.3 Å². The van der Waals surface area contributed by atoms with Gasteiger partial charge in [-0.25, -0.2) is 0 Å². The summed E-state index contributed by atoms with van der Waals surface area (Å²) in [5.74, 6) is 7.71. The molecule has 0 N–H and O–H groups in total. The molecule has 6 rings (SSSR count). The van der Waals surface area contributed by atoms with Crippen molar-refractivity contribution < 1.29 is 19.1 Å². The van der Waals surface area contributed by atoms with Crippen molar-refractivity contribution >= 4 is 11.8 Å². The number of ketones is 1. The molecule has 0 saturated heterocycles. The first kappa shape index (κ1) is 22.6. The minimum absolute atomic E-state index is 0.00333. The van der Waals surface area contributed by atoms with Crippen molar-refractivity contribution in [1.82, 2.24) is 0 Å². The molecule has 6 aliphatic rings. The van der Waals surface area contributed by atoms with Crippen molar-refractivity contribution in [2.75, 3.05) is 13.4 Å². The van der Waals surface area contributed by atoms with Gasteiger partial charge in [0.25, 0.3) is 0 Å². The van der Waals surface area contributed by atoms with E-state index in [-0.39, 0.29) is 24.1 Å². The van der Waals surface area contributed by atoms with Crippen LogP contribution in [0.2, 0.25) is 0 Å². The second kappa shape index (κ2) is 8.35. The van der Waals surface area contributed by atoms with Gasteiger partial charge in [0.2, 0.25) is 0 Å². The Labute approximate surface area is 199 Å². The first-order chi connectivity index (χ1) is 15.9. The Hall–Kier alpha value is -0.900.